The lowest BCUT2D eigenvalue weighted by atomic mass is 10.0. The van der Waals surface area contributed by atoms with E-state index in [9.17, 15) is 4.79 Å². The van der Waals surface area contributed by atoms with Crippen molar-refractivity contribution in [1.29, 1.82) is 0 Å². The highest BCUT2D eigenvalue weighted by Gasteiger charge is 2.23. The van der Waals surface area contributed by atoms with Crippen LogP contribution in [0.25, 0.3) is 22.3 Å². The lowest BCUT2D eigenvalue weighted by Gasteiger charge is -2.28. The molecule has 162 valence electrons. The molecule has 0 spiro atoms. The Kier molecular flexibility index (Phi) is 5.28. The standard InChI is InChI=1S/C24H23N5O3/c1-31-18-4-3-16-11-17(24(32-2)27-20(16)12-18)13-29-10-7-19-21(14-29)26-22(28-23(19)30)15-5-8-25-9-6-15/h3-6,8-9,11-12H,7,10,13-14H2,1-2H3,(H,26,28,30). The van der Waals surface area contributed by atoms with E-state index in [4.69, 9.17) is 14.5 Å². The zero-order valence-electron chi connectivity index (χ0n) is 18.0. The third-order valence-corrected chi connectivity index (χ3v) is 5.76. The predicted molar refractivity (Wildman–Crippen MR) is 121 cm³/mol. The first-order chi connectivity index (χ1) is 15.6. The minimum Gasteiger partial charge on any atom is -0.497 e. The molecule has 1 aromatic carbocycles. The number of nitrogens with zero attached hydrogens (tertiary/aromatic N) is 4. The van der Waals surface area contributed by atoms with Gasteiger partial charge in [-0.05, 0) is 36.8 Å². The maximum atomic E-state index is 12.7. The van der Waals surface area contributed by atoms with Crippen molar-refractivity contribution < 1.29 is 9.47 Å². The Hall–Kier alpha value is -3.78. The largest absolute Gasteiger partial charge is 0.497 e. The average molecular weight is 429 g/mol. The van der Waals surface area contributed by atoms with Crippen LogP contribution >= 0.6 is 0 Å². The number of aromatic amines is 1. The van der Waals surface area contributed by atoms with Crippen LogP contribution in [0.1, 0.15) is 16.8 Å². The number of benzene rings is 1. The summed E-state index contributed by atoms with van der Waals surface area (Å²) in [7, 11) is 3.27. The molecule has 0 aliphatic carbocycles. The average Bonchev–Trinajstić information content (AvgIpc) is 2.83. The van der Waals surface area contributed by atoms with Crippen LogP contribution in [-0.2, 0) is 19.5 Å². The van der Waals surface area contributed by atoms with Gasteiger partial charge in [-0.1, -0.05) is 0 Å². The third kappa shape index (κ3) is 3.80. The van der Waals surface area contributed by atoms with Crippen molar-refractivity contribution in [1.82, 2.24) is 24.8 Å². The first kappa shape index (κ1) is 20.1. The minimum atomic E-state index is -0.0691. The van der Waals surface area contributed by atoms with Gasteiger partial charge < -0.3 is 14.5 Å². The van der Waals surface area contributed by atoms with E-state index in [-0.39, 0.29) is 5.56 Å². The summed E-state index contributed by atoms with van der Waals surface area (Å²) in [6, 6.07) is 11.6. The summed E-state index contributed by atoms with van der Waals surface area (Å²) in [5.74, 6) is 1.92. The maximum Gasteiger partial charge on any atom is 0.254 e. The van der Waals surface area contributed by atoms with Gasteiger partial charge in [-0.25, -0.2) is 9.97 Å². The summed E-state index contributed by atoms with van der Waals surface area (Å²) in [6.07, 6.45) is 4.03. The minimum absolute atomic E-state index is 0.0691. The van der Waals surface area contributed by atoms with Gasteiger partial charge in [-0.3, -0.25) is 14.7 Å². The molecular weight excluding hydrogens is 406 g/mol. The van der Waals surface area contributed by atoms with Crippen molar-refractivity contribution in [3.63, 3.8) is 0 Å². The predicted octanol–water partition coefficient (Wildman–Crippen LogP) is 2.96. The molecule has 0 radical (unpaired) electrons. The number of nitrogens with one attached hydrogen (secondary N) is 1. The summed E-state index contributed by atoms with van der Waals surface area (Å²) in [5, 5.41) is 1.02. The second-order valence-corrected chi connectivity index (χ2v) is 7.75. The van der Waals surface area contributed by atoms with Crippen molar-refractivity contribution >= 4 is 10.9 Å². The summed E-state index contributed by atoms with van der Waals surface area (Å²) in [6.45, 7) is 1.99. The highest BCUT2D eigenvalue weighted by molar-refractivity contribution is 5.81. The van der Waals surface area contributed by atoms with E-state index in [1.165, 1.54) is 0 Å². The van der Waals surface area contributed by atoms with Crippen LogP contribution in [0.4, 0.5) is 0 Å². The van der Waals surface area contributed by atoms with Crippen LogP contribution in [0.3, 0.4) is 0 Å². The quantitative estimate of drug-likeness (QED) is 0.521. The molecule has 0 unspecified atom stereocenters. The Morgan fingerprint density at radius 2 is 1.91 bits per heavy atom. The summed E-state index contributed by atoms with van der Waals surface area (Å²) in [4.78, 5) is 31.3. The van der Waals surface area contributed by atoms with Gasteiger partial charge in [0.25, 0.3) is 5.56 Å². The monoisotopic (exact) mass is 429 g/mol. The van der Waals surface area contributed by atoms with Crippen LogP contribution in [0.5, 0.6) is 11.6 Å². The van der Waals surface area contributed by atoms with Gasteiger partial charge in [0.1, 0.15) is 11.6 Å². The molecule has 0 saturated heterocycles. The lowest BCUT2D eigenvalue weighted by Crippen LogP contribution is -2.35. The Morgan fingerprint density at radius 1 is 1.06 bits per heavy atom. The molecule has 0 bridgehead atoms. The summed E-state index contributed by atoms with van der Waals surface area (Å²) in [5.41, 5.74) is 4.16. The molecule has 1 N–H and O–H groups in total. The maximum absolute atomic E-state index is 12.7. The van der Waals surface area contributed by atoms with Crippen molar-refractivity contribution in [3.8, 4) is 23.0 Å². The molecule has 1 aliphatic rings. The first-order valence-electron chi connectivity index (χ1n) is 10.4. The van der Waals surface area contributed by atoms with Gasteiger partial charge in [-0.15, -0.1) is 0 Å². The number of ether oxygens (including phenoxy) is 2. The smallest absolute Gasteiger partial charge is 0.254 e. The molecule has 5 rings (SSSR count). The van der Waals surface area contributed by atoms with Gasteiger partial charge in [-0.2, -0.15) is 0 Å². The molecule has 1 aliphatic heterocycles. The molecule has 32 heavy (non-hydrogen) atoms. The van der Waals surface area contributed by atoms with Gasteiger partial charge in [0.05, 0.1) is 25.4 Å². The molecule has 0 saturated carbocycles. The van der Waals surface area contributed by atoms with Crippen LogP contribution in [-0.4, -0.2) is 45.6 Å². The molecule has 0 atom stereocenters. The number of rotatable bonds is 5. The number of methoxy groups -OCH3 is 2. The molecule has 8 nitrogen and oxygen atoms in total. The summed E-state index contributed by atoms with van der Waals surface area (Å²) < 4.78 is 10.9. The Balaban J connectivity index is 1.44. The molecule has 0 fully saturated rings. The molecule has 4 aromatic rings. The van der Waals surface area contributed by atoms with E-state index in [1.54, 1.807) is 26.6 Å². The molecule has 0 amide bonds. The Bertz CT molecular complexity index is 1340. The number of fused-ring (bicyclic) bond motifs is 2. The Morgan fingerprint density at radius 3 is 2.69 bits per heavy atom. The van der Waals surface area contributed by atoms with E-state index < -0.39 is 0 Å². The van der Waals surface area contributed by atoms with Crippen LogP contribution < -0.4 is 15.0 Å². The third-order valence-electron chi connectivity index (χ3n) is 5.76. The SMILES string of the molecule is COc1ccc2cc(CN3CCc4c(nc(-c5ccncc5)[nH]c4=O)C3)c(OC)nc2c1. The topological polar surface area (TPSA) is 93.2 Å². The van der Waals surface area contributed by atoms with Crippen LogP contribution in [0.2, 0.25) is 0 Å². The van der Waals surface area contributed by atoms with E-state index >= 15 is 0 Å². The molecule has 3 aromatic heterocycles. The lowest BCUT2D eigenvalue weighted by molar-refractivity contribution is 0.236. The van der Waals surface area contributed by atoms with Gasteiger partial charge >= 0.3 is 0 Å². The van der Waals surface area contributed by atoms with Crippen molar-refractivity contribution in [2.24, 2.45) is 0 Å². The zero-order chi connectivity index (χ0) is 22.1. The van der Waals surface area contributed by atoms with Gasteiger partial charge in [0, 0.05) is 60.2 Å². The molecule has 8 heteroatoms. The number of pyridine rings is 2. The van der Waals surface area contributed by atoms with E-state index in [2.05, 4.69) is 25.9 Å². The van der Waals surface area contributed by atoms with E-state index in [0.29, 0.717) is 31.2 Å². The van der Waals surface area contributed by atoms with Crippen LogP contribution in [0.15, 0.2) is 53.6 Å². The fourth-order valence-electron chi connectivity index (χ4n) is 4.11. The fourth-order valence-corrected chi connectivity index (χ4v) is 4.11. The fraction of sp³-hybridized carbons (Fsp3) is 0.250. The van der Waals surface area contributed by atoms with Gasteiger partial charge in [0.2, 0.25) is 5.88 Å². The number of aromatic nitrogens is 4. The Labute approximate surface area is 184 Å². The van der Waals surface area contributed by atoms with E-state index in [1.807, 2.05) is 30.3 Å². The number of H-pyrrole nitrogens is 1. The molecular formula is C24H23N5O3. The second kappa shape index (κ2) is 8.39. The number of hydrogen-bond acceptors (Lipinski definition) is 7. The van der Waals surface area contributed by atoms with Crippen molar-refractivity contribution in [2.75, 3.05) is 20.8 Å². The second-order valence-electron chi connectivity index (χ2n) is 7.75. The van der Waals surface area contributed by atoms with Crippen LogP contribution in [0, 0.1) is 0 Å². The molecule has 4 heterocycles. The normalized spacial score (nSPS) is 13.7. The van der Waals surface area contributed by atoms with E-state index in [0.717, 1.165) is 45.6 Å². The summed E-state index contributed by atoms with van der Waals surface area (Å²) >= 11 is 0. The van der Waals surface area contributed by atoms with Crippen molar-refractivity contribution in [3.05, 3.63) is 76.0 Å². The number of hydrogen-bond donors (Lipinski definition) is 1. The highest BCUT2D eigenvalue weighted by Crippen LogP contribution is 2.28. The van der Waals surface area contributed by atoms with Crippen molar-refractivity contribution in [2.45, 2.75) is 19.5 Å². The highest BCUT2D eigenvalue weighted by atomic mass is 16.5. The van der Waals surface area contributed by atoms with Gasteiger partial charge in [0.15, 0.2) is 0 Å². The first-order valence-corrected chi connectivity index (χ1v) is 10.4. The zero-order valence-corrected chi connectivity index (χ0v) is 18.0.